The number of pyridine rings is 1. The Balaban J connectivity index is 2.07. The first-order valence-corrected chi connectivity index (χ1v) is 7.54. The molecule has 1 heterocycles. The molecule has 0 amide bonds. The van der Waals surface area contributed by atoms with Gasteiger partial charge in [0.1, 0.15) is 0 Å². The third-order valence-corrected chi connectivity index (χ3v) is 3.85. The number of hydrogen-bond donors (Lipinski definition) is 1. The Bertz CT molecular complexity index is 399. The van der Waals surface area contributed by atoms with E-state index in [1.54, 1.807) is 0 Å². The summed E-state index contributed by atoms with van der Waals surface area (Å²) in [7, 11) is 0. The van der Waals surface area contributed by atoms with Crippen LogP contribution in [0.3, 0.4) is 0 Å². The Hall–Kier alpha value is -1.16. The summed E-state index contributed by atoms with van der Waals surface area (Å²) < 4.78 is 0. The van der Waals surface area contributed by atoms with Crippen molar-refractivity contribution in [2.24, 2.45) is 0 Å². The molecule has 1 fully saturated rings. The number of nitrogens with one attached hydrogen (secondary N) is 1. The predicted octanol–water partition coefficient (Wildman–Crippen LogP) is 3.11. The molecule has 1 aromatic rings. The first-order valence-electron chi connectivity index (χ1n) is 7.14. The quantitative estimate of drug-likeness (QED) is 0.856. The van der Waals surface area contributed by atoms with Gasteiger partial charge in [0.25, 0.3) is 0 Å². The highest BCUT2D eigenvalue weighted by Gasteiger charge is 2.25. The summed E-state index contributed by atoms with van der Waals surface area (Å²) in [6, 6.07) is 7.00. The number of nitrogens with zero attached hydrogens (tertiary/aromatic N) is 2. The molecule has 1 aliphatic carbocycles. The maximum absolute atomic E-state index is 5.57. The van der Waals surface area contributed by atoms with E-state index in [1.165, 1.54) is 25.7 Å². The maximum Gasteiger partial charge on any atom is 0.169 e. The van der Waals surface area contributed by atoms with E-state index < -0.39 is 0 Å². The summed E-state index contributed by atoms with van der Waals surface area (Å²) in [5, 5.41) is 4.24. The van der Waals surface area contributed by atoms with Crippen molar-refractivity contribution in [3.8, 4) is 0 Å². The number of aromatic nitrogens is 1. The number of hydrogen-bond acceptors (Lipinski definition) is 2. The van der Waals surface area contributed by atoms with Crippen LogP contribution in [-0.4, -0.2) is 27.1 Å². The SMILES string of the molecule is CC(C)NC(=S)N(Cc1ccccn1)C1CCCC1. The Labute approximate surface area is 121 Å². The molecule has 0 bridgehead atoms. The molecule has 0 aromatic carbocycles. The van der Waals surface area contributed by atoms with Crippen LogP contribution in [0.2, 0.25) is 0 Å². The second-order valence-electron chi connectivity index (χ2n) is 5.49. The van der Waals surface area contributed by atoms with Crippen molar-refractivity contribution in [3.05, 3.63) is 30.1 Å². The van der Waals surface area contributed by atoms with Gasteiger partial charge in [-0.15, -0.1) is 0 Å². The Morgan fingerprint density at radius 3 is 2.74 bits per heavy atom. The monoisotopic (exact) mass is 277 g/mol. The van der Waals surface area contributed by atoms with Gasteiger partial charge >= 0.3 is 0 Å². The Morgan fingerprint density at radius 2 is 2.16 bits per heavy atom. The molecule has 19 heavy (non-hydrogen) atoms. The van der Waals surface area contributed by atoms with E-state index >= 15 is 0 Å². The largest absolute Gasteiger partial charge is 0.360 e. The van der Waals surface area contributed by atoms with Gasteiger partial charge in [-0.1, -0.05) is 18.9 Å². The smallest absolute Gasteiger partial charge is 0.169 e. The second-order valence-corrected chi connectivity index (χ2v) is 5.88. The second kappa shape index (κ2) is 6.85. The first kappa shape index (κ1) is 14.3. The van der Waals surface area contributed by atoms with E-state index in [-0.39, 0.29) is 0 Å². The van der Waals surface area contributed by atoms with Crippen molar-refractivity contribution in [2.45, 2.75) is 58.2 Å². The van der Waals surface area contributed by atoms with Gasteiger partial charge in [0.2, 0.25) is 0 Å². The molecule has 0 radical (unpaired) electrons. The molecule has 0 atom stereocenters. The lowest BCUT2D eigenvalue weighted by Crippen LogP contribution is -2.46. The van der Waals surface area contributed by atoms with E-state index in [4.69, 9.17) is 12.2 Å². The van der Waals surface area contributed by atoms with Crippen LogP contribution >= 0.6 is 12.2 Å². The molecule has 3 nitrogen and oxygen atoms in total. The number of rotatable bonds is 4. The molecule has 0 saturated heterocycles. The molecule has 0 aliphatic heterocycles. The zero-order chi connectivity index (χ0) is 13.7. The third-order valence-electron chi connectivity index (χ3n) is 3.50. The lowest BCUT2D eigenvalue weighted by Gasteiger charge is -2.32. The lowest BCUT2D eigenvalue weighted by atomic mass is 10.2. The molecular weight excluding hydrogens is 254 g/mol. The van der Waals surface area contributed by atoms with Crippen molar-refractivity contribution in [2.75, 3.05) is 0 Å². The van der Waals surface area contributed by atoms with Crippen LogP contribution in [0.25, 0.3) is 0 Å². The van der Waals surface area contributed by atoms with E-state index in [2.05, 4.69) is 35.1 Å². The highest BCUT2D eigenvalue weighted by Crippen LogP contribution is 2.24. The van der Waals surface area contributed by atoms with Crippen LogP contribution in [0, 0.1) is 0 Å². The minimum atomic E-state index is 0.375. The molecular formula is C15H23N3S. The fourth-order valence-electron chi connectivity index (χ4n) is 2.58. The summed E-state index contributed by atoms with van der Waals surface area (Å²) in [6.07, 6.45) is 6.96. The van der Waals surface area contributed by atoms with E-state index in [0.29, 0.717) is 12.1 Å². The minimum absolute atomic E-state index is 0.375. The highest BCUT2D eigenvalue weighted by atomic mass is 32.1. The van der Waals surface area contributed by atoms with Gasteiger partial charge in [-0.05, 0) is 51.0 Å². The molecule has 1 aromatic heterocycles. The first-order chi connectivity index (χ1) is 9.16. The van der Waals surface area contributed by atoms with Crippen LogP contribution in [0.5, 0.6) is 0 Å². The molecule has 0 spiro atoms. The van der Waals surface area contributed by atoms with E-state index in [1.807, 2.05) is 18.3 Å². The van der Waals surface area contributed by atoms with Gasteiger partial charge in [-0.25, -0.2) is 0 Å². The van der Waals surface area contributed by atoms with Crippen molar-refractivity contribution in [3.63, 3.8) is 0 Å². The van der Waals surface area contributed by atoms with E-state index in [9.17, 15) is 0 Å². The van der Waals surface area contributed by atoms with Gasteiger partial charge in [0.05, 0.1) is 12.2 Å². The average molecular weight is 277 g/mol. The minimum Gasteiger partial charge on any atom is -0.360 e. The average Bonchev–Trinajstić information content (AvgIpc) is 2.90. The van der Waals surface area contributed by atoms with Crippen molar-refractivity contribution >= 4 is 17.3 Å². The summed E-state index contributed by atoms with van der Waals surface area (Å²) >= 11 is 5.57. The molecule has 1 N–H and O–H groups in total. The fraction of sp³-hybridized carbons (Fsp3) is 0.600. The third kappa shape index (κ3) is 4.16. The van der Waals surface area contributed by atoms with Crippen LogP contribution in [-0.2, 0) is 6.54 Å². The van der Waals surface area contributed by atoms with Gasteiger partial charge < -0.3 is 10.2 Å². The van der Waals surface area contributed by atoms with Crippen molar-refractivity contribution in [1.29, 1.82) is 0 Å². The molecule has 4 heteroatoms. The lowest BCUT2D eigenvalue weighted by molar-refractivity contribution is 0.298. The molecule has 1 saturated carbocycles. The molecule has 0 unspecified atom stereocenters. The summed E-state index contributed by atoms with van der Waals surface area (Å²) in [5.74, 6) is 0. The topological polar surface area (TPSA) is 28.2 Å². The Kier molecular flexibility index (Phi) is 5.14. The maximum atomic E-state index is 5.57. The van der Waals surface area contributed by atoms with Crippen LogP contribution in [0.1, 0.15) is 45.2 Å². The highest BCUT2D eigenvalue weighted by molar-refractivity contribution is 7.80. The van der Waals surface area contributed by atoms with Crippen molar-refractivity contribution < 1.29 is 0 Å². The molecule has 1 aliphatic rings. The van der Waals surface area contributed by atoms with Gasteiger partial charge in [-0.2, -0.15) is 0 Å². The standard InChI is InChI=1S/C15H23N3S/c1-12(2)17-15(19)18(14-8-3-4-9-14)11-13-7-5-6-10-16-13/h5-7,10,12,14H,3-4,8-9,11H2,1-2H3,(H,17,19). The zero-order valence-corrected chi connectivity index (χ0v) is 12.6. The van der Waals surface area contributed by atoms with Crippen molar-refractivity contribution in [1.82, 2.24) is 15.2 Å². The summed E-state index contributed by atoms with van der Waals surface area (Å²) in [5.41, 5.74) is 1.09. The van der Waals surface area contributed by atoms with Gasteiger partial charge in [-0.3, -0.25) is 4.98 Å². The fourth-order valence-corrected chi connectivity index (χ4v) is 3.03. The summed E-state index contributed by atoms with van der Waals surface area (Å²) in [6.45, 7) is 5.06. The summed E-state index contributed by atoms with van der Waals surface area (Å²) in [4.78, 5) is 6.75. The number of thiocarbonyl (C=S) groups is 1. The Morgan fingerprint density at radius 1 is 1.42 bits per heavy atom. The normalized spacial score (nSPS) is 15.7. The van der Waals surface area contributed by atoms with Crippen LogP contribution < -0.4 is 5.32 Å². The zero-order valence-electron chi connectivity index (χ0n) is 11.8. The van der Waals surface area contributed by atoms with Crippen LogP contribution in [0.4, 0.5) is 0 Å². The predicted molar refractivity (Wildman–Crippen MR) is 82.9 cm³/mol. The molecule has 104 valence electrons. The van der Waals surface area contributed by atoms with Gasteiger partial charge in [0, 0.05) is 18.3 Å². The molecule has 2 rings (SSSR count). The van der Waals surface area contributed by atoms with E-state index in [0.717, 1.165) is 17.4 Å². The van der Waals surface area contributed by atoms with Gasteiger partial charge in [0.15, 0.2) is 5.11 Å². The van der Waals surface area contributed by atoms with Crippen LogP contribution in [0.15, 0.2) is 24.4 Å².